The van der Waals surface area contributed by atoms with E-state index in [1.165, 1.54) is 0 Å². The van der Waals surface area contributed by atoms with Gasteiger partial charge in [-0.15, -0.1) is 0 Å². The molecule has 2 nitrogen and oxygen atoms in total. The van der Waals surface area contributed by atoms with Crippen molar-refractivity contribution >= 4 is 21.9 Å². The molecule has 0 aliphatic carbocycles. The van der Waals surface area contributed by atoms with Gasteiger partial charge in [-0.25, -0.2) is 0 Å². The Morgan fingerprint density at radius 2 is 1.45 bits per heavy atom. The second kappa shape index (κ2) is 7.25. The first-order valence-corrected chi connectivity index (χ1v) is 7.58. The summed E-state index contributed by atoms with van der Waals surface area (Å²) in [5.74, 6) is -0.231. The number of hydrogen-bond acceptors (Lipinski definition) is 2. The number of carbonyl (C=O) groups is 1. The van der Waals surface area contributed by atoms with Gasteiger partial charge in [0.05, 0.1) is 0 Å². The molecule has 2 rings (SSSR count). The van der Waals surface area contributed by atoms with Crippen LogP contribution in [0.1, 0.15) is 30.6 Å². The first-order chi connectivity index (χ1) is 9.72. The van der Waals surface area contributed by atoms with Crippen molar-refractivity contribution in [2.24, 2.45) is 0 Å². The highest BCUT2D eigenvalue weighted by Crippen LogP contribution is 2.27. The van der Waals surface area contributed by atoms with E-state index >= 15 is 0 Å². The zero-order chi connectivity index (χ0) is 14.4. The van der Waals surface area contributed by atoms with E-state index in [9.17, 15) is 4.79 Å². The lowest BCUT2D eigenvalue weighted by Gasteiger charge is -2.20. The summed E-state index contributed by atoms with van der Waals surface area (Å²) < 4.78 is 5.69. The molecule has 0 saturated heterocycles. The minimum absolute atomic E-state index is 0.231. The van der Waals surface area contributed by atoms with E-state index in [0.717, 1.165) is 11.1 Å². The van der Waals surface area contributed by atoms with Crippen molar-refractivity contribution < 1.29 is 9.53 Å². The molecule has 1 atom stereocenters. The van der Waals surface area contributed by atoms with Crippen LogP contribution in [0.2, 0.25) is 0 Å². The van der Waals surface area contributed by atoms with Gasteiger partial charge in [-0.1, -0.05) is 83.5 Å². The molecule has 0 N–H and O–H groups in total. The molecule has 0 aliphatic rings. The van der Waals surface area contributed by atoms with Crippen molar-refractivity contribution in [1.29, 1.82) is 0 Å². The van der Waals surface area contributed by atoms with Gasteiger partial charge in [0.1, 0.15) is 4.83 Å². The minimum Gasteiger partial charge on any atom is -0.452 e. The lowest BCUT2D eigenvalue weighted by atomic mass is 10.0. The van der Waals surface area contributed by atoms with E-state index in [1.54, 1.807) is 0 Å². The van der Waals surface area contributed by atoms with E-state index in [4.69, 9.17) is 4.74 Å². The average Bonchev–Trinajstić information content (AvgIpc) is 2.53. The summed E-state index contributed by atoms with van der Waals surface area (Å²) in [6.07, 6.45) is 0.339. The van der Waals surface area contributed by atoms with E-state index in [2.05, 4.69) is 15.9 Å². The normalized spacial score (nSPS) is 12.2. The van der Waals surface area contributed by atoms with Gasteiger partial charge in [0.2, 0.25) is 0 Å². The van der Waals surface area contributed by atoms with Crippen LogP contribution in [0.5, 0.6) is 0 Å². The standard InChI is InChI=1S/C17H17BrO2/c1-2-15(18)17(19)20-16(13-9-5-3-6-10-13)14-11-7-4-8-12-14/h3-12,15-16H,2H2,1H3. The van der Waals surface area contributed by atoms with Crippen LogP contribution in [-0.4, -0.2) is 10.8 Å². The van der Waals surface area contributed by atoms with E-state index in [1.807, 2.05) is 67.6 Å². The second-order valence-electron chi connectivity index (χ2n) is 4.51. The highest BCUT2D eigenvalue weighted by atomic mass is 79.9. The fraction of sp³-hybridized carbons (Fsp3) is 0.235. The van der Waals surface area contributed by atoms with Crippen LogP contribution in [0.3, 0.4) is 0 Å². The molecule has 0 saturated carbocycles. The van der Waals surface area contributed by atoms with Gasteiger partial charge >= 0.3 is 5.97 Å². The molecule has 0 amide bonds. The summed E-state index contributed by atoms with van der Waals surface area (Å²) in [7, 11) is 0. The molecule has 0 aromatic heterocycles. The summed E-state index contributed by atoms with van der Waals surface area (Å²) in [5.41, 5.74) is 1.95. The van der Waals surface area contributed by atoms with Crippen LogP contribution in [0.25, 0.3) is 0 Å². The van der Waals surface area contributed by atoms with Gasteiger partial charge in [0.15, 0.2) is 6.10 Å². The Hall–Kier alpha value is -1.61. The fourth-order valence-corrected chi connectivity index (χ4v) is 2.05. The third kappa shape index (κ3) is 3.70. The Balaban J connectivity index is 2.28. The molecule has 104 valence electrons. The van der Waals surface area contributed by atoms with Crippen LogP contribution < -0.4 is 0 Å². The summed E-state index contributed by atoms with van der Waals surface area (Å²) >= 11 is 3.34. The Morgan fingerprint density at radius 1 is 1.00 bits per heavy atom. The number of carbonyl (C=O) groups excluding carboxylic acids is 1. The number of halogens is 1. The third-order valence-electron chi connectivity index (χ3n) is 3.05. The van der Waals surface area contributed by atoms with Gasteiger partial charge in [0.25, 0.3) is 0 Å². The summed E-state index contributed by atoms with van der Waals surface area (Å²) in [6.45, 7) is 1.95. The number of esters is 1. The van der Waals surface area contributed by atoms with Gasteiger partial charge < -0.3 is 4.74 Å². The van der Waals surface area contributed by atoms with Crippen molar-refractivity contribution in [2.45, 2.75) is 24.3 Å². The highest BCUT2D eigenvalue weighted by molar-refractivity contribution is 9.10. The fourth-order valence-electron chi connectivity index (χ4n) is 1.94. The van der Waals surface area contributed by atoms with Gasteiger partial charge in [-0.3, -0.25) is 4.79 Å². The Morgan fingerprint density at radius 3 is 1.85 bits per heavy atom. The molecule has 0 bridgehead atoms. The topological polar surface area (TPSA) is 26.3 Å². The molecule has 20 heavy (non-hydrogen) atoms. The van der Waals surface area contributed by atoms with Crippen molar-refractivity contribution in [3.8, 4) is 0 Å². The molecular weight excluding hydrogens is 316 g/mol. The van der Waals surface area contributed by atoms with Crippen LogP contribution in [0, 0.1) is 0 Å². The summed E-state index contributed by atoms with van der Waals surface area (Å²) in [6, 6.07) is 19.6. The van der Waals surface area contributed by atoms with Crippen molar-refractivity contribution in [3.05, 3.63) is 71.8 Å². The molecular formula is C17H17BrO2. The third-order valence-corrected chi connectivity index (χ3v) is 4.07. The van der Waals surface area contributed by atoms with E-state index < -0.39 is 0 Å². The van der Waals surface area contributed by atoms with Crippen molar-refractivity contribution in [1.82, 2.24) is 0 Å². The van der Waals surface area contributed by atoms with E-state index in [-0.39, 0.29) is 16.9 Å². The molecule has 0 heterocycles. The summed E-state index contributed by atoms with van der Waals surface area (Å²) in [5, 5.41) is 0. The maximum absolute atomic E-state index is 12.1. The predicted molar refractivity (Wildman–Crippen MR) is 83.8 cm³/mol. The predicted octanol–water partition coefficient (Wildman–Crippen LogP) is 4.49. The number of alkyl halides is 1. The van der Waals surface area contributed by atoms with Crippen LogP contribution >= 0.6 is 15.9 Å². The largest absolute Gasteiger partial charge is 0.452 e. The molecule has 0 fully saturated rings. The number of hydrogen-bond donors (Lipinski definition) is 0. The van der Waals surface area contributed by atoms with Crippen molar-refractivity contribution in [3.63, 3.8) is 0 Å². The zero-order valence-electron chi connectivity index (χ0n) is 11.3. The van der Waals surface area contributed by atoms with Gasteiger partial charge in [-0.05, 0) is 17.5 Å². The molecule has 0 radical (unpaired) electrons. The molecule has 2 aromatic rings. The lowest BCUT2D eigenvalue weighted by Crippen LogP contribution is -2.20. The van der Waals surface area contributed by atoms with Gasteiger partial charge in [0, 0.05) is 0 Å². The second-order valence-corrected chi connectivity index (χ2v) is 5.62. The first-order valence-electron chi connectivity index (χ1n) is 6.66. The maximum Gasteiger partial charge on any atom is 0.320 e. The number of rotatable bonds is 5. The highest BCUT2D eigenvalue weighted by Gasteiger charge is 2.22. The van der Waals surface area contributed by atoms with Crippen LogP contribution in [0.15, 0.2) is 60.7 Å². The Bertz CT molecular complexity index is 500. The zero-order valence-corrected chi connectivity index (χ0v) is 12.9. The Kier molecular flexibility index (Phi) is 5.36. The number of ether oxygens (including phenoxy) is 1. The first kappa shape index (κ1) is 14.8. The molecule has 0 spiro atoms. The summed E-state index contributed by atoms with van der Waals surface area (Å²) in [4.78, 5) is 11.8. The Labute approximate surface area is 127 Å². The SMILES string of the molecule is CCC(Br)C(=O)OC(c1ccccc1)c1ccccc1. The van der Waals surface area contributed by atoms with Crippen molar-refractivity contribution in [2.75, 3.05) is 0 Å². The average molecular weight is 333 g/mol. The monoisotopic (exact) mass is 332 g/mol. The quantitative estimate of drug-likeness (QED) is 0.595. The van der Waals surface area contributed by atoms with E-state index in [0.29, 0.717) is 6.42 Å². The molecule has 3 heteroatoms. The molecule has 2 aromatic carbocycles. The maximum atomic E-state index is 12.1. The smallest absolute Gasteiger partial charge is 0.320 e. The van der Waals surface area contributed by atoms with Gasteiger partial charge in [-0.2, -0.15) is 0 Å². The van der Waals surface area contributed by atoms with Crippen LogP contribution in [-0.2, 0) is 9.53 Å². The lowest BCUT2D eigenvalue weighted by molar-refractivity contribution is -0.146. The number of benzene rings is 2. The molecule has 1 unspecified atom stereocenters. The molecule has 0 aliphatic heterocycles. The minimum atomic E-state index is -0.364. The van der Waals surface area contributed by atoms with Crippen LogP contribution in [0.4, 0.5) is 0 Å².